The molecule has 2 atom stereocenters. The van der Waals surface area contributed by atoms with Crippen LogP contribution in [0.25, 0.3) is 11.0 Å². The van der Waals surface area contributed by atoms with E-state index in [1.54, 1.807) is 19.1 Å². The van der Waals surface area contributed by atoms with Gasteiger partial charge in [0.1, 0.15) is 11.4 Å². The van der Waals surface area contributed by atoms with Gasteiger partial charge < -0.3 is 19.6 Å². The molecule has 0 bridgehead atoms. The van der Waals surface area contributed by atoms with E-state index in [0.717, 1.165) is 12.2 Å². The van der Waals surface area contributed by atoms with Crippen LogP contribution in [0, 0.1) is 11.7 Å². The third kappa shape index (κ3) is 3.30. The molecule has 1 aromatic heterocycles. The monoisotopic (exact) mass is 333 g/mol. The summed E-state index contributed by atoms with van der Waals surface area (Å²) in [5.41, 5.74) is 7.04. The lowest BCUT2D eigenvalue weighted by Crippen LogP contribution is -2.45. The molecule has 1 aliphatic heterocycles. The predicted molar refractivity (Wildman–Crippen MR) is 82.1 cm³/mol. The average Bonchev–Trinajstić information content (AvgIpc) is 2.91. The molecule has 0 amide bonds. The van der Waals surface area contributed by atoms with Gasteiger partial charge in [-0.15, -0.1) is 0 Å². The van der Waals surface area contributed by atoms with Crippen molar-refractivity contribution in [1.29, 1.82) is 0 Å². The van der Waals surface area contributed by atoms with Gasteiger partial charge in [-0.1, -0.05) is 6.92 Å². The third-order valence-corrected chi connectivity index (χ3v) is 3.95. The van der Waals surface area contributed by atoms with E-state index in [0.29, 0.717) is 16.5 Å². The molecule has 2 heterocycles. The number of hydrogen-bond acceptors (Lipinski definition) is 6. The van der Waals surface area contributed by atoms with Crippen LogP contribution in [0.2, 0.25) is 0 Å². The van der Waals surface area contributed by atoms with Crippen molar-refractivity contribution in [3.63, 3.8) is 0 Å². The molecule has 0 aliphatic carbocycles. The topological polar surface area (TPSA) is 91.8 Å². The van der Waals surface area contributed by atoms with Gasteiger partial charge in [-0.3, -0.25) is 0 Å². The first-order valence-corrected chi connectivity index (χ1v) is 7.44. The summed E-state index contributed by atoms with van der Waals surface area (Å²) in [6.07, 6.45) is 2.49. The van der Waals surface area contributed by atoms with Gasteiger partial charge in [-0.05, 0) is 36.1 Å². The highest BCUT2D eigenvalue weighted by Crippen LogP contribution is 2.24. The minimum absolute atomic E-state index is 0.267. The molecule has 1 aliphatic rings. The Balaban J connectivity index is 1.75. The van der Waals surface area contributed by atoms with Crippen molar-refractivity contribution >= 4 is 22.9 Å². The zero-order chi connectivity index (χ0) is 17.3. The van der Waals surface area contributed by atoms with Crippen LogP contribution in [0.15, 0.2) is 41.0 Å². The fraction of sp³-hybridized carbons (Fsp3) is 0.294. The van der Waals surface area contributed by atoms with Crippen molar-refractivity contribution in [3.05, 3.63) is 48.0 Å². The highest BCUT2D eigenvalue weighted by Gasteiger charge is 2.31. The molecule has 2 N–H and O–H groups in total. The Morgan fingerprint density at radius 3 is 2.54 bits per heavy atom. The molecule has 0 fully saturated rings. The number of nitrogens with two attached hydrogens (primary N) is 1. The Labute approximate surface area is 137 Å². The average molecular weight is 333 g/mol. The van der Waals surface area contributed by atoms with Crippen molar-refractivity contribution in [2.75, 3.05) is 0 Å². The van der Waals surface area contributed by atoms with Crippen LogP contribution in [0.1, 0.15) is 12.5 Å². The van der Waals surface area contributed by atoms with Crippen molar-refractivity contribution in [3.8, 4) is 0 Å². The van der Waals surface area contributed by atoms with E-state index in [2.05, 4.69) is 0 Å². The van der Waals surface area contributed by atoms with E-state index in [-0.39, 0.29) is 18.2 Å². The zero-order valence-electron chi connectivity index (χ0n) is 12.9. The maximum absolute atomic E-state index is 14.2. The molecule has 1 aromatic carbocycles. The van der Waals surface area contributed by atoms with Gasteiger partial charge in [-0.2, -0.15) is 0 Å². The van der Waals surface area contributed by atoms with E-state index in [1.807, 2.05) is 0 Å². The van der Waals surface area contributed by atoms with E-state index >= 15 is 0 Å². The SMILES string of the molecule is CC(Cc1cc2occc2cc1F)C(N)C1OC(=O)C=CC(=O)O1. The minimum atomic E-state index is -1.22. The Morgan fingerprint density at radius 2 is 1.88 bits per heavy atom. The van der Waals surface area contributed by atoms with E-state index in [4.69, 9.17) is 19.6 Å². The highest BCUT2D eigenvalue weighted by molar-refractivity contribution is 5.93. The number of carbonyl (C=O) groups excluding carboxylic acids is 2. The first kappa shape index (κ1) is 16.2. The number of halogens is 1. The molecule has 7 heteroatoms. The molecule has 2 unspecified atom stereocenters. The summed E-state index contributed by atoms with van der Waals surface area (Å²) in [7, 11) is 0. The minimum Gasteiger partial charge on any atom is -0.464 e. The Morgan fingerprint density at radius 1 is 1.21 bits per heavy atom. The smallest absolute Gasteiger partial charge is 0.334 e. The molecule has 0 saturated heterocycles. The number of ether oxygens (including phenoxy) is 2. The molecule has 0 saturated carbocycles. The Bertz CT molecular complexity index is 792. The maximum atomic E-state index is 14.2. The number of hydrogen-bond donors (Lipinski definition) is 1. The van der Waals surface area contributed by atoms with Crippen LogP contribution in [0.5, 0.6) is 0 Å². The van der Waals surface area contributed by atoms with Gasteiger partial charge in [0, 0.05) is 17.5 Å². The van der Waals surface area contributed by atoms with Gasteiger partial charge >= 0.3 is 11.9 Å². The van der Waals surface area contributed by atoms with Crippen LogP contribution in [-0.4, -0.2) is 24.3 Å². The maximum Gasteiger partial charge on any atom is 0.334 e. The summed E-state index contributed by atoms with van der Waals surface area (Å²) in [6.45, 7) is 1.76. The normalized spacial score (nSPS) is 18.1. The van der Waals surface area contributed by atoms with Crippen LogP contribution in [0.4, 0.5) is 4.39 Å². The fourth-order valence-corrected chi connectivity index (χ4v) is 2.56. The van der Waals surface area contributed by atoms with Gasteiger partial charge in [0.2, 0.25) is 0 Å². The molecular weight excluding hydrogens is 317 g/mol. The third-order valence-electron chi connectivity index (χ3n) is 3.95. The van der Waals surface area contributed by atoms with Crippen molar-refractivity contribution in [2.24, 2.45) is 11.7 Å². The van der Waals surface area contributed by atoms with E-state index in [1.165, 1.54) is 12.3 Å². The second kappa shape index (κ2) is 6.45. The molecule has 24 heavy (non-hydrogen) atoms. The summed E-state index contributed by atoms with van der Waals surface area (Å²) >= 11 is 0. The first-order chi connectivity index (χ1) is 11.4. The van der Waals surface area contributed by atoms with E-state index in [9.17, 15) is 14.0 Å². The van der Waals surface area contributed by atoms with Gasteiger partial charge in [-0.25, -0.2) is 14.0 Å². The summed E-state index contributed by atoms with van der Waals surface area (Å²) in [4.78, 5) is 22.9. The number of carbonyl (C=O) groups is 2. The zero-order valence-corrected chi connectivity index (χ0v) is 12.9. The molecular formula is C17H16FNO5. The largest absolute Gasteiger partial charge is 0.464 e. The van der Waals surface area contributed by atoms with Gasteiger partial charge in [0.25, 0.3) is 6.29 Å². The second-order valence-corrected chi connectivity index (χ2v) is 5.74. The summed E-state index contributed by atoms with van der Waals surface area (Å²) < 4.78 is 29.4. The number of furan rings is 1. The van der Waals surface area contributed by atoms with Gasteiger partial charge in [0.05, 0.1) is 12.3 Å². The van der Waals surface area contributed by atoms with Gasteiger partial charge in [0.15, 0.2) is 0 Å². The lowest BCUT2D eigenvalue weighted by molar-refractivity contribution is -0.184. The second-order valence-electron chi connectivity index (χ2n) is 5.74. The molecule has 126 valence electrons. The van der Waals surface area contributed by atoms with Crippen molar-refractivity contribution in [2.45, 2.75) is 25.7 Å². The Kier molecular flexibility index (Phi) is 4.35. The molecule has 0 radical (unpaired) electrons. The number of fused-ring (bicyclic) bond motifs is 1. The number of esters is 2. The molecule has 6 nitrogen and oxygen atoms in total. The van der Waals surface area contributed by atoms with Crippen LogP contribution >= 0.6 is 0 Å². The number of cyclic esters (lactones) is 2. The van der Waals surface area contributed by atoms with Crippen LogP contribution < -0.4 is 5.73 Å². The van der Waals surface area contributed by atoms with Crippen molar-refractivity contribution in [1.82, 2.24) is 0 Å². The quantitative estimate of drug-likeness (QED) is 0.861. The fourth-order valence-electron chi connectivity index (χ4n) is 2.56. The summed E-state index contributed by atoms with van der Waals surface area (Å²) in [5.74, 6) is -2.12. The molecule has 3 rings (SSSR count). The predicted octanol–water partition coefficient (Wildman–Crippen LogP) is 2.06. The number of benzene rings is 1. The first-order valence-electron chi connectivity index (χ1n) is 7.44. The van der Waals surface area contributed by atoms with Crippen LogP contribution in [0.3, 0.4) is 0 Å². The highest BCUT2D eigenvalue weighted by atomic mass is 19.1. The standard InChI is InChI=1S/C17H16FNO5/c1-9(16(19)17-23-14(20)2-3-15(21)24-17)6-11-8-13-10(4-5-22-13)7-12(11)18/h2-5,7-9,16-17H,6,19H2,1H3. The van der Waals surface area contributed by atoms with Crippen LogP contribution in [-0.2, 0) is 25.5 Å². The number of rotatable bonds is 4. The van der Waals surface area contributed by atoms with Crippen molar-refractivity contribution < 1.29 is 27.9 Å². The summed E-state index contributed by atoms with van der Waals surface area (Å²) in [5, 5.41) is 0.672. The Hall–Kier alpha value is -2.67. The van der Waals surface area contributed by atoms with E-state index < -0.39 is 24.3 Å². The lowest BCUT2D eigenvalue weighted by atomic mass is 9.93. The summed E-state index contributed by atoms with van der Waals surface area (Å²) in [6, 6.07) is 3.88. The lowest BCUT2D eigenvalue weighted by Gasteiger charge is -2.26. The molecule has 2 aromatic rings. The molecule has 0 spiro atoms.